The third-order valence-corrected chi connectivity index (χ3v) is 4.93. The minimum absolute atomic E-state index is 0.0868. The van der Waals surface area contributed by atoms with Crippen LogP contribution < -0.4 is 0 Å². The second kappa shape index (κ2) is 7.35. The summed E-state index contributed by atoms with van der Waals surface area (Å²) in [4.78, 5) is 11.7. The van der Waals surface area contributed by atoms with Gasteiger partial charge >= 0.3 is 5.97 Å². The third-order valence-electron chi connectivity index (χ3n) is 4.93. The molecule has 0 radical (unpaired) electrons. The Bertz CT molecular complexity index is 867. The van der Waals surface area contributed by atoms with Crippen LogP contribution in [0.2, 0.25) is 0 Å². The van der Waals surface area contributed by atoms with E-state index >= 15 is 0 Å². The van der Waals surface area contributed by atoms with Gasteiger partial charge in [0.25, 0.3) is 0 Å². The van der Waals surface area contributed by atoms with Crippen LogP contribution in [0.1, 0.15) is 72.3 Å². The molecular formula is C23H24O3. The summed E-state index contributed by atoms with van der Waals surface area (Å²) in [5, 5.41) is 10.3. The first-order valence-corrected chi connectivity index (χ1v) is 9.02. The molecule has 26 heavy (non-hydrogen) atoms. The van der Waals surface area contributed by atoms with Crippen molar-refractivity contribution in [1.82, 2.24) is 0 Å². The summed E-state index contributed by atoms with van der Waals surface area (Å²) in [6.07, 6.45) is 1.36. The fourth-order valence-electron chi connectivity index (χ4n) is 3.37. The van der Waals surface area contributed by atoms with Gasteiger partial charge in [0.1, 0.15) is 0 Å². The lowest BCUT2D eigenvalue weighted by atomic mass is 9.71. The average molecular weight is 348 g/mol. The van der Waals surface area contributed by atoms with E-state index in [1.165, 1.54) is 5.56 Å². The summed E-state index contributed by atoms with van der Waals surface area (Å²) < 4.78 is 4.98. The molecule has 2 aromatic rings. The van der Waals surface area contributed by atoms with Crippen LogP contribution in [0.3, 0.4) is 0 Å². The summed E-state index contributed by atoms with van der Waals surface area (Å²) in [6.45, 7) is 6.58. The van der Waals surface area contributed by atoms with Gasteiger partial charge in [0, 0.05) is 11.1 Å². The molecular weight excluding hydrogens is 324 g/mol. The maximum atomic E-state index is 11.7. The highest BCUT2D eigenvalue weighted by Crippen LogP contribution is 2.41. The van der Waals surface area contributed by atoms with Gasteiger partial charge in [0.15, 0.2) is 0 Å². The Hall–Kier alpha value is -2.57. The Balaban J connectivity index is 1.83. The van der Waals surface area contributed by atoms with Crippen molar-refractivity contribution in [2.75, 3.05) is 6.61 Å². The molecule has 0 unspecified atom stereocenters. The van der Waals surface area contributed by atoms with Gasteiger partial charge in [-0.15, -0.1) is 0 Å². The van der Waals surface area contributed by atoms with Crippen molar-refractivity contribution >= 4 is 5.97 Å². The number of carbonyl (C=O) groups excluding carboxylic acids is 1. The predicted molar refractivity (Wildman–Crippen MR) is 102 cm³/mol. The molecule has 0 saturated heterocycles. The molecule has 0 bridgehead atoms. The highest BCUT2D eigenvalue weighted by Gasteiger charge is 2.31. The Morgan fingerprint density at radius 2 is 1.81 bits per heavy atom. The van der Waals surface area contributed by atoms with Crippen LogP contribution in [0.5, 0.6) is 0 Å². The first-order chi connectivity index (χ1) is 12.4. The van der Waals surface area contributed by atoms with Gasteiger partial charge in [0.2, 0.25) is 0 Å². The zero-order valence-electron chi connectivity index (χ0n) is 15.5. The number of carbonyl (C=O) groups is 1. The van der Waals surface area contributed by atoms with E-state index in [1.54, 1.807) is 19.1 Å². The SMILES string of the molecule is CCOC(=O)c1ccc(C#Cc2ccc3c(c2)[C@@H](O)CCC3(C)C)cc1. The Kier molecular flexibility index (Phi) is 5.15. The minimum atomic E-state index is -0.413. The lowest BCUT2D eigenvalue weighted by Gasteiger charge is -2.35. The van der Waals surface area contributed by atoms with E-state index in [0.29, 0.717) is 12.2 Å². The van der Waals surface area contributed by atoms with Gasteiger partial charge in [-0.3, -0.25) is 0 Å². The molecule has 2 aromatic carbocycles. The molecule has 0 fully saturated rings. The topological polar surface area (TPSA) is 46.5 Å². The molecule has 1 aliphatic carbocycles. The number of hydrogen-bond donors (Lipinski definition) is 1. The Morgan fingerprint density at radius 1 is 1.15 bits per heavy atom. The third kappa shape index (κ3) is 3.81. The first kappa shape index (κ1) is 18.2. The molecule has 1 aliphatic rings. The normalized spacial score (nSPS) is 17.6. The predicted octanol–water partition coefficient (Wildman–Crippen LogP) is 4.37. The van der Waals surface area contributed by atoms with Crippen molar-refractivity contribution < 1.29 is 14.6 Å². The number of rotatable bonds is 2. The fourth-order valence-corrected chi connectivity index (χ4v) is 3.37. The van der Waals surface area contributed by atoms with Crippen LogP contribution in [-0.4, -0.2) is 17.7 Å². The van der Waals surface area contributed by atoms with E-state index in [0.717, 1.165) is 29.5 Å². The number of aliphatic hydroxyl groups is 1. The fraction of sp³-hybridized carbons (Fsp3) is 0.348. The molecule has 3 heteroatoms. The van der Waals surface area contributed by atoms with E-state index in [2.05, 4.69) is 31.8 Å². The summed E-state index contributed by atoms with van der Waals surface area (Å²) in [5.41, 5.74) is 4.53. The minimum Gasteiger partial charge on any atom is -0.462 e. The van der Waals surface area contributed by atoms with Gasteiger partial charge in [-0.2, -0.15) is 0 Å². The maximum absolute atomic E-state index is 11.7. The van der Waals surface area contributed by atoms with E-state index in [-0.39, 0.29) is 11.4 Å². The number of ether oxygens (including phenoxy) is 1. The average Bonchev–Trinajstić information content (AvgIpc) is 2.64. The second-order valence-corrected chi connectivity index (χ2v) is 7.29. The summed E-state index contributed by atoms with van der Waals surface area (Å²) in [6, 6.07) is 13.2. The van der Waals surface area contributed by atoms with Gasteiger partial charge < -0.3 is 9.84 Å². The first-order valence-electron chi connectivity index (χ1n) is 9.02. The zero-order chi connectivity index (χ0) is 18.7. The van der Waals surface area contributed by atoms with Gasteiger partial charge in [-0.1, -0.05) is 31.8 Å². The molecule has 3 nitrogen and oxygen atoms in total. The molecule has 134 valence electrons. The van der Waals surface area contributed by atoms with Crippen LogP contribution in [0.4, 0.5) is 0 Å². The van der Waals surface area contributed by atoms with E-state index in [4.69, 9.17) is 4.74 Å². The van der Waals surface area contributed by atoms with E-state index in [9.17, 15) is 9.90 Å². The lowest BCUT2D eigenvalue weighted by molar-refractivity contribution is 0.0526. The molecule has 0 spiro atoms. The molecule has 0 saturated carbocycles. The van der Waals surface area contributed by atoms with Crippen LogP contribution in [0, 0.1) is 11.8 Å². The number of hydrogen-bond acceptors (Lipinski definition) is 3. The van der Waals surface area contributed by atoms with Crippen molar-refractivity contribution in [1.29, 1.82) is 0 Å². The lowest BCUT2D eigenvalue weighted by Crippen LogP contribution is -2.26. The standard InChI is InChI=1S/C23H24O3/c1-4-26-22(25)18-10-7-16(8-11-18)5-6-17-9-12-20-19(15-17)21(24)13-14-23(20,2)3/h7-12,15,21,24H,4,13-14H2,1-3H3/t21-/m0/s1. The molecule has 1 atom stereocenters. The van der Waals surface area contributed by atoms with Gasteiger partial charge in [-0.25, -0.2) is 4.79 Å². The van der Waals surface area contributed by atoms with Crippen LogP contribution in [-0.2, 0) is 10.2 Å². The number of benzene rings is 2. The summed E-state index contributed by atoms with van der Waals surface area (Å²) >= 11 is 0. The smallest absolute Gasteiger partial charge is 0.338 e. The van der Waals surface area contributed by atoms with Crippen LogP contribution in [0.25, 0.3) is 0 Å². The van der Waals surface area contributed by atoms with Crippen molar-refractivity contribution in [3.05, 3.63) is 70.3 Å². The molecule has 0 aliphatic heterocycles. The zero-order valence-corrected chi connectivity index (χ0v) is 15.5. The van der Waals surface area contributed by atoms with Crippen LogP contribution in [0.15, 0.2) is 42.5 Å². The maximum Gasteiger partial charge on any atom is 0.338 e. The van der Waals surface area contributed by atoms with E-state index < -0.39 is 6.10 Å². The molecule has 0 amide bonds. The van der Waals surface area contributed by atoms with Gasteiger partial charge in [0.05, 0.1) is 18.3 Å². The van der Waals surface area contributed by atoms with Crippen molar-refractivity contribution in [3.8, 4) is 11.8 Å². The number of aliphatic hydroxyl groups excluding tert-OH is 1. The molecule has 0 aromatic heterocycles. The van der Waals surface area contributed by atoms with E-state index in [1.807, 2.05) is 24.3 Å². The second-order valence-electron chi connectivity index (χ2n) is 7.29. The summed E-state index contributed by atoms with van der Waals surface area (Å²) in [5.74, 6) is 5.95. The van der Waals surface area contributed by atoms with Crippen molar-refractivity contribution in [2.45, 2.75) is 45.1 Å². The molecule has 0 heterocycles. The largest absolute Gasteiger partial charge is 0.462 e. The van der Waals surface area contributed by atoms with Crippen molar-refractivity contribution in [3.63, 3.8) is 0 Å². The highest BCUT2D eigenvalue weighted by atomic mass is 16.5. The number of fused-ring (bicyclic) bond motifs is 1. The van der Waals surface area contributed by atoms with Crippen LogP contribution >= 0.6 is 0 Å². The summed E-state index contributed by atoms with van der Waals surface area (Å²) in [7, 11) is 0. The number of esters is 1. The molecule has 3 rings (SSSR count). The van der Waals surface area contributed by atoms with Crippen molar-refractivity contribution in [2.24, 2.45) is 0 Å². The Morgan fingerprint density at radius 3 is 2.50 bits per heavy atom. The quantitative estimate of drug-likeness (QED) is 0.648. The molecule has 1 N–H and O–H groups in total. The van der Waals surface area contributed by atoms with Gasteiger partial charge in [-0.05, 0) is 72.7 Å². The Labute approximate surface area is 155 Å². The highest BCUT2D eigenvalue weighted by molar-refractivity contribution is 5.89. The monoisotopic (exact) mass is 348 g/mol.